The van der Waals surface area contributed by atoms with Crippen LogP contribution in [0.3, 0.4) is 0 Å². The maximum Gasteiger partial charge on any atom is 0.0340 e. The number of rotatable bonds is 4. The quantitative estimate of drug-likeness (QED) is 0.741. The Morgan fingerprint density at radius 2 is 1.85 bits per heavy atom. The highest BCUT2D eigenvalue weighted by molar-refractivity contribution is 5.45. The van der Waals surface area contributed by atoms with Crippen LogP contribution in [0.25, 0.3) is 0 Å². The second-order valence-corrected chi connectivity index (χ2v) is 3.49. The maximum absolute atomic E-state index is 5.39. The summed E-state index contributed by atoms with van der Waals surface area (Å²) < 4.78 is 0. The zero-order valence-corrected chi connectivity index (χ0v) is 8.38. The molecule has 0 aromatic heterocycles. The van der Waals surface area contributed by atoms with E-state index >= 15 is 0 Å². The second-order valence-electron chi connectivity index (χ2n) is 3.49. The average molecular weight is 178 g/mol. The highest BCUT2D eigenvalue weighted by Crippen LogP contribution is 2.16. The van der Waals surface area contributed by atoms with Gasteiger partial charge in [-0.2, -0.15) is 0 Å². The Balaban J connectivity index is 2.59. The van der Waals surface area contributed by atoms with E-state index in [1.54, 1.807) is 0 Å². The molecule has 72 valence electrons. The van der Waals surface area contributed by atoms with Crippen molar-refractivity contribution in [3.8, 4) is 0 Å². The highest BCUT2D eigenvalue weighted by Gasteiger charge is 1.97. The van der Waals surface area contributed by atoms with Crippen LogP contribution in [0, 0.1) is 0 Å². The molecule has 0 fully saturated rings. The lowest BCUT2D eigenvalue weighted by Crippen LogP contribution is -2.12. The van der Waals surface area contributed by atoms with Gasteiger partial charge in [-0.05, 0) is 23.6 Å². The molecule has 0 amide bonds. The van der Waals surface area contributed by atoms with Gasteiger partial charge >= 0.3 is 0 Å². The van der Waals surface area contributed by atoms with Gasteiger partial charge in [0.05, 0.1) is 0 Å². The van der Waals surface area contributed by atoms with Gasteiger partial charge in [-0.1, -0.05) is 26.0 Å². The van der Waals surface area contributed by atoms with E-state index in [0.717, 1.165) is 12.2 Å². The van der Waals surface area contributed by atoms with Gasteiger partial charge in [-0.3, -0.25) is 0 Å². The first-order valence-corrected chi connectivity index (χ1v) is 4.78. The van der Waals surface area contributed by atoms with E-state index in [2.05, 4.69) is 43.4 Å². The van der Waals surface area contributed by atoms with E-state index in [-0.39, 0.29) is 0 Å². The number of nitrogens with one attached hydrogen (secondary N) is 1. The van der Waals surface area contributed by atoms with Crippen molar-refractivity contribution in [3.63, 3.8) is 0 Å². The van der Waals surface area contributed by atoms with Gasteiger partial charge in [0.2, 0.25) is 0 Å². The predicted octanol–water partition coefficient (Wildman–Crippen LogP) is 2.18. The molecule has 13 heavy (non-hydrogen) atoms. The minimum Gasteiger partial charge on any atom is -0.384 e. The molecule has 0 saturated carbocycles. The normalized spacial score (nSPS) is 10.5. The van der Waals surface area contributed by atoms with Crippen LogP contribution in [0.15, 0.2) is 24.3 Å². The molecule has 0 unspecified atom stereocenters. The van der Waals surface area contributed by atoms with Crippen LogP contribution in [0.2, 0.25) is 0 Å². The lowest BCUT2D eigenvalue weighted by molar-refractivity contribution is 0.866. The molecule has 0 heterocycles. The van der Waals surface area contributed by atoms with Crippen LogP contribution in [0.5, 0.6) is 0 Å². The summed E-state index contributed by atoms with van der Waals surface area (Å²) in [6.07, 6.45) is 0. The fourth-order valence-corrected chi connectivity index (χ4v) is 1.20. The monoisotopic (exact) mass is 178 g/mol. The van der Waals surface area contributed by atoms with Crippen LogP contribution in [0.4, 0.5) is 5.69 Å². The van der Waals surface area contributed by atoms with Gasteiger partial charge in [-0.15, -0.1) is 0 Å². The molecule has 3 N–H and O–H groups in total. The van der Waals surface area contributed by atoms with Crippen molar-refractivity contribution in [1.29, 1.82) is 0 Å². The minimum absolute atomic E-state index is 0.601. The summed E-state index contributed by atoms with van der Waals surface area (Å²) in [5.41, 5.74) is 7.91. The second kappa shape index (κ2) is 4.87. The molecule has 0 atom stereocenters. The summed E-state index contributed by atoms with van der Waals surface area (Å²) in [5, 5.41) is 3.24. The third kappa shape index (κ3) is 3.07. The lowest BCUT2D eigenvalue weighted by atomic mass is 10.0. The molecule has 0 aliphatic carbocycles. The minimum atomic E-state index is 0.601. The maximum atomic E-state index is 5.39. The fourth-order valence-electron chi connectivity index (χ4n) is 1.20. The van der Waals surface area contributed by atoms with Gasteiger partial charge in [0.15, 0.2) is 0 Å². The topological polar surface area (TPSA) is 38.0 Å². The first-order chi connectivity index (χ1) is 6.24. The van der Waals surface area contributed by atoms with Gasteiger partial charge in [0.1, 0.15) is 0 Å². The van der Waals surface area contributed by atoms with Crippen LogP contribution >= 0.6 is 0 Å². The molecule has 0 aliphatic heterocycles. The molecule has 1 aromatic rings. The van der Waals surface area contributed by atoms with Gasteiger partial charge in [-0.25, -0.2) is 0 Å². The Hall–Kier alpha value is -1.02. The van der Waals surface area contributed by atoms with Crippen LogP contribution in [0.1, 0.15) is 25.3 Å². The fraction of sp³-hybridized carbons (Fsp3) is 0.455. The third-order valence-electron chi connectivity index (χ3n) is 2.05. The van der Waals surface area contributed by atoms with E-state index in [1.807, 2.05) is 0 Å². The number of hydrogen-bond acceptors (Lipinski definition) is 2. The van der Waals surface area contributed by atoms with E-state index in [0.29, 0.717) is 12.5 Å². The molecule has 0 bridgehead atoms. The first-order valence-electron chi connectivity index (χ1n) is 4.78. The van der Waals surface area contributed by atoms with E-state index < -0.39 is 0 Å². The van der Waals surface area contributed by atoms with Gasteiger partial charge in [0, 0.05) is 18.8 Å². The van der Waals surface area contributed by atoms with Crippen molar-refractivity contribution in [2.75, 3.05) is 18.4 Å². The van der Waals surface area contributed by atoms with E-state index in [9.17, 15) is 0 Å². The number of anilines is 1. The molecule has 0 aliphatic rings. The van der Waals surface area contributed by atoms with Crippen LogP contribution in [-0.4, -0.2) is 13.1 Å². The summed E-state index contributed by atoms with van der Waals surface area (Å²) in [4.78, 5) is 0. The Kier molecular flexibility index (Phi) is 3.77. The van der Waals surface area contributed by atoms with E-state index in [4.69, 9.17) is 5.73 Å². The van der Waals surface area contributed by atoms with E-state index in [1.165, 1.54) is 5.56 Å². The smallest absolute Gasteiger partial charge is 0.0340 e. The number of nitrogens with two attached hydrogens (primary N) is 1. The molecule has 1 aromatic carbocycles. The highest BCUT2D eigenvalue weighted by atomic mass is 14.9. The lowest BCUT2D eigenvalue weighted by Gasteiger charge is -2.08. The van der Waals surface area contributed by atoms with Crippen LogP contribution in [-0.2, 0) is 0 Å². The molecule has 2 nitrogen and oxygen atoms in total. The standard InChI is InChI=1S/C11H18N2/c1-9(2)10-3-5-11(6-4-10)13-8-7-12/h3-6,9,13H,7-8,12H2,1-2H3. The van der Waals surface area contributed by atoms with Gasteiger partial charge in [0.25, 0.3) is 0 Å². The summed E-state index contributed by atoms with van der Waals surface area (Å²) in [6.45, 7) is 5.90. The van der Waals surface area contributed by atoms with Gasteiger partial charge < -0.3 is 11.1 Å². The largest absolute Gasteiger partial charge is 0.384 e. The summed E-state index contributed by atoms with van der Waals surface area (Å²) in [6, 6.07) is 8.52. The summed E-state index contributed by atoms with van der Waals surface area (Å²) in [5.74, 6) is 0.601. The van der Waals surface area contributed by atoms with Crippen molar-refractivity contribution < 1.29 is 0 Å². The molecule has 2 heteroatoms. The molecular weight excluding hydrogens is 160 g/mol. The number of hydrogen-bond donors (Lipinski definition) is 2. The molecule has 0 radical (unpaired) electrons. The molecule has 0 saturated heterocycles. The summed E-state index contributed by atoms with van der Waals surface area (Å²) in [7, 11) is 0. The zero-order valence-electron chi connectivity index (χ0n) is 8.38. The zero-order chi connectivity index (χ0) is 9.68. The molecular formula is C11H18N2. The van der Waals surface area contributed by atoms with Crippen molar-refractivity contribution in [1.82, 2.24) is 0 Å². The Morgan fingerprint density at radius 3 is 2.31 bits per heavy atom. The number of benzene rings is 1. The Labute approximate surface area is 80.1 Å². The third-order valence-corrected chi connectivity index (χ3v) is 2.05. The van der Waals surface area contributed by atoms with Crippen molar-refractivity contribution >= 4 is 5.69 Å². The predicted molar refractivity (Wildman–Crippen MR) is 58.1 cm³/mol. The summed E-state index contributed by atoms with van der Waals surface area (Å²) >= 11 is 0. The Bertz CT molecular complexity index is 239. The van der Waals surface area contributed by atoms with Crippen molar-refractivity contribution in [2.24, 2.45) is 5.73 Å². The van der Waals surface area contributed by atoms with Crippen LogP contribution < -0.4 is 11.1 Å². The Morgan fingerprint density at radius 1 is 1.23 bits per heavy atom. The molecule has 1 rings (SSSR count). The van der Waals surface area contributed by atoms with Crippen molar-refractivity contribution in [2.45, 2.75) is 19.8 Å². The first kappa shape index (κ1) is 10.1. The SMILES string of the molecule is CC(C)c1ccc(NCCN)cc1. The van der Waals surface area contributed by atoms with Crippen molar-refractivity contribution in [3.05, 3.63) is 29.8 Å². The molecule has 0 spiro atoms. The average Bonchev–Trinajstić information content (AvgIpc) is 2.15.